The fraction of sp³-hybridized carbons (Fsp3) is 0. The maximum absolute atomic E-state index is 13.0. The number of H-pyrrole nitrogens is 1. The van der Waals surface area contributed by atoms with Gasteiger partial charge in [0, 0.05) is 16.8 Å². The Balaban J connectivity index is 0.000000141. The minimum atomic E-state index is -0.398. The van der Waals surface area contributed by atoms with Crippen molar-refractivity contribution in [3.05, 3.63) is 87.8 Å². The van der Waals surface area contributed by atoms with Crippen LogP contribution in [-0.4, -0.2) is 9.97 Å². The highest BCUT2D eigenvalue weighted by molar-refractivity contribution is 6.29. The molecular weight excluding hydrogens is 334 g/mol. The number of para-hydroxylation sites is 2. The summed E-state index contributed by atoms with van der Waals surface area (Å²) in [7, 11) is 0. The minimum Gasteiger partial charge on any atom is -0.319 e. The molecule has 0 atom stereocenters. The summed E-state index contributed by atoms with van der Waals surface area (Å²) in [6, 6.07) is 15.8. The van der Waals surface area contributed by atoms with Gasteiger partial charge in [0.15, 0.2) is 0 Å². The highest BCUT2D eigenvalue weighted by Gasteiger charge is 2.01. The Morgan fingerprint density at radius 1 is 0.833 bits per heavy atom. The molecule has 0 spiro atoms. The van der Waals surface area contributed by atoms with Gasteiger partial charge in [-0.15, -0.1) is 0 Å². The zero-order chi connectivity index (χ0) is 17.1. The average Bonchev–Trinajstić information content (AvgIpc) is 2.57. The first kappa shape index (κ1) is 16.1. The topological polar surface area (TPSA) is 45.8 Å². The SMILES string of the molecule is Fc1cccc2ccc(Cl)nc12.O=c1ccc2cccc(F)c2[nH]1. The number of nitrogens with one attached hydrogen (secondary N) is 1. The quantitative estimate of drug-likeness (QED) is 0.470. The summed E-state index contributed by atoms with van der Waals surface area (Å²) in [5, 5.41) is 1.78. The Morgan fingerprint density at radius 2 is 1.50 bits per heavy atom. The Morgan fingerprint density at radius 3 is 2.29 bits per heavy atom. The molecule has 24 heavy (non-hydrogen) atoms. The highest BCUT2D eigenvalue weighted by Crippen LogP contribution is 2.17. The highest BCUT2D eigenvalue weighted by atomic mass is 35.5. The van der Waals surface area contributed by atoms with Gasteiger partial charge < -0.3 is 4.98 Å². The van der Waals surface area contributed by atoms with E-state index in [4.69, 9.17) is 11.6 Å². The Labute approximate surface area is 140 Å². The minimum absolute atomic E-state index is 0.269. The molecule has 2 heterocycles. The summed E-state index contributed by atoms with van der Waals surface area (Å²) in [4.78, 5) is 17.1. The van der Waals surface area contributed by atoms with E-state index in [1.165, 1.54) is 18.2 Å². The van der Waals surface area contributed by atoms with Gasteiger partial charge in [-0.3, -0.25) is 4.79 Å². The van der Waals surface area contributed by atoms with Crippen molar-refractivity contribution < 1.29 is 8.78 Å². The zero-order valence-corrected chi connectivity index (χ0v) is 13.0. The molecule has 0 aliphatic heterocycles. The van der Waals surface area contributed by atoms with Crippen molar-refractivity contribution in [2.45, 2.75) is 0 Å². The van der Waals surface area contributed by atoms with Gasteiger partial charge in [0.1, 0.15) is 22.3 Å². The number of fused-ring (bicyclic) bond motifs is 2. The van der Waals surface area contributed by atoms with E-state index in [0.29, 0.717) is 16.1 Å². The van der Waals surface area contributed by atoms with Crippen LogP contribution >= 0.6 is 11.6 Å². The maximum Gasteiger partial charge on any atom is 0.248 e. The second kappa shape index (κ2) is 6.76. The van der Waals surface area contributed by atoms with Crippen LogP contribution in [0.3, 0.4) is 0 Å². The molecule has 1 N–H and O–H groups in total. The number of hydrogen-bond acceptors (Lipinski definition) is 2. The number of benzene rings is 2. The standard InChI is InChI=1S/C9H5ClFN.C9H6FNO/c10-8-5-4-6-2-1-3-7(11)9(6)12-8;10-7-3-1-2-6-4-5-8(12)11-9(6)7/h1-5H;1-5H,(H,11,12). The third kappa shape index (κ3) is 3.41. The molecule has 0 aliphatic rings. The molecule has 2 aromatic carbocycles. The first-order chi connectivity index (χ1) is 11.5. The van der Waals surface area contributed by atoms with Crippen LogP contribution in [0.1, 0.15) is 0 Å². The average molecular weight is 345 g/mol. The van der Waals surface area contributed by atoms with Crippen LogP contribution in [0.15, 0.2) is 65.5 Å². The molecule has 0 aliphatic carbocycles. The molecule has 0 bridgehead atoms. The molecule has 4 rings (SSSR count). The molecule has 4 aromatic rings. The molecule has 3 nitrogen and oxygen atoms in total. The lowest BCUT2D eigenvalue weighted by atomic mass is 10.2. The number of hydrogen-bond donors (Lipinski definition) is 1. The van der Waals surface area contributed by atoms with E-state index in [0.717, 1.165) is 5.39 Å². The lowest BCUT2D eigenvalue weighted by Gasteiger charge is -1.97. The molecular formula is C18H11ClF2N2O. The van der Waals surface area contributed by atoms with Crippen LogP contribution in [0.2, 0.25) is 5.15 Å². The molecule has 2 aromatic heterocycles. The van der Waals surface area contributed by atoms with Crippen molar-refractivity contribution >= 4 is 33.4 Å². The fourth-order valence-electron chi connectivity index (χ4n) is 2.23. The molecule has 0 amide bonds. The summed E-state index contributed by atoms with van der Waals surface area (Å²) in [6.45, 7) is 0. The van der Waals surface area contributed by atoms with Crippen molar-refractivity contribution in [2.24, 2.45) is 0 Å². The molecule has 0 radical (unpaired) electrons. The van der Waals surface area contributed by atoms with E-state index in [1.54, 1.807) is 42.5 Å². The van der Waals surface area contributed by atoms with Gasteiger partial charge in [0.25, 0.3) is 0 Å². The van der Waals surface area contributed by atoms with Crippen LogP contribution in [0.25, 0.3) is 21.8 Å². The predicted octanol–water partition coefficient (Wildman–Crippen LogP) is 4.69. The van der Waals surface area contributed by atoms with Gasteiger partial charge in [-0.25, -0.2) is 13.8 Å². The third-order valence-corrected chi connectivity index (χ3v) is 3.56. The lowest BCUT2D eigenvalue weighted by molar-refractivity contribution is 0.636. The lowest BCUT2D eigenvalue weighted by Crippen LogP contribution is -2.03. The van der Waals surface area contributed by atoms with E-state index in [1.807, 2.05) is 0 Å². The molecule has 0 saturated heterocycles. The largest absolute Gasteiger partial charge is 0.319 e. The molecule has 120 valence electrons. The Kier molecular flexibility index (Phi) is 4.53. The smallest absolute Gasteiger partial charge is 0.248 e. The second-order valence-corrected chi connectivity index (χ2v) is 5.36. The molecule has 6 heteroatoms. The zero-order valence-electron chi connectivity index (χ0n) is 12.3. The summed E-state index contributed by atoms with van der Waals surface area (Å²) in [5.74, 6) is -0.736. The number of halogens is 3. The van der Waals surface area contributed by atoms with Crippen molar-refractivity contribution in [2.75, 3.05) is 0 Å². The maximum atomic E-state index is 13.0. The summed E-state index contributed by atoms with van der Waals surface area (Å²) in [6.07, 6.45) is 0. The van der Waals surface area contributed by atoms with Gasteiger partial charge >= 0.3 is 0 Å². The molecule has 0 unspecified atom stereocenters. The van der Waals surface area contributed by atoms with Gasteiger partial charge in [-0.05, 0) is 30.3 Å². The van der Waals surface area contributed by atoms with Gasteiger partial charge in [-0.2, -0.15) is 0 Å². The summed E-state index contributed by atoms with van der Waals surface area (Å²) >= 11 is 5.61. The van der Waals surface area contributed by atoms with E-state index in [2.05, 4.69) is 9.97 Å². The number of aromatic nitrogens is 2. The van der Waals surface area contributed by atoms with Crippen LogP contribution in [0.5, 0.6) is 0 Å². The number of pyridine rings is 2. The van der Waals surface area contributed by atoms with Gasteiger partial charge in [0.2, 0.25) is 5.56 Å². The van der Waals surface area contributed by atoms with Crippen LogP contribution < -0.4 is 5.56 Å². The van der Waals surface area contributed by atoms with E-state index >= 15 is 0 Å². The first-order valence-electron chi connectivity index (χ1n) is 7.03. The first-order valence-corrected chi connectivity index (χ1v) is 7.41. The summed E-state index contributed by atoms with van der Waals surface area (Å²) < 4.78 is 26.0. The van der Waals surface area contributed by atoms with Crippen molar-refractivity contribution in [1.29, 1.82) is 0 Å². The number of rotatable bonds is 0. The van der Waals surface area contributed by atoms with Crippen LogP contribution in [-0.2, 0) is 0 Å². The normalized spacial score (nSPS) is 10.5. The monoisotopic (exact) mass is 344 g/mol. The molecule has 0 fully saturated rings. The van der Waals surface area contributed by atoms with E-state index in [-0.39, 0.29) is 16.9 Å². The molecule has 0 saturated carbocycles. The third-order valence-electron chi connectivity index (χ3n) is 3.35. The number of nitrogens with zero attached hydrogens (tertiary/aromatic N) is 1. The second-order valence-electron chi connectivity index (χ2n) is 4.97. The van der Waals surface area contributed by atoms with Gasteiger partial charge in [-0.1, -0.05) is 35.9 Å². The van der Waals surface area contributed by atoms with Crippen molar-refractivity contribution in [1.82, 2.24) is 9.97 Å². The fourth-order valence-corrected chi connectivity index (χ4v) is 2.38. The summed E-state index contributed by atoms with van der Waals surface area (Å²) in [5.41, 5.74) is 0.308. The van der Waals surface area contributed by atoms with E-state index < -0.39 is 5.82 Å². The van der Waals surface area contributed by atoms with Gasteiger partial charge in [0.05, 0.1) is 5.52 Å². The van der Waals surface area contributed by atoms with Crippen LogP contribution in [0, 0.1) is 11.6 Å². The Hall–Kier alpha value is -2.79. The van der Waals surface area contributed by atoms with E-state index in [9.17, 15) is 13.6 Å². The van der Waals surface area contributed by atoms with Crippen molar-refractivity contribution in [3.8, 4) is 0 Å². The predicted molar refractivity (Wildman–Crippen MR) is 91.2 cm³/mol. The number of aromatic amines is 1. The van der Waals surface area contributed by atoms with Crippen LogP contribution in [0.4, 0.5) is 8.78 Å². The Bertz CT molecular complexity index is 1080. The van der Waals surface area contributed by atoms with Crippen molar-refractivity contribution in [3.63, 3.8) is 0 Å².